The lowest BCUT2D eigenvalue weighted by Crippen LogP contribution is -1.97. The molecule has 0 atom stereocenters. The van der Waals surface area contributed by atoms with E-state index in [0.717, 1.165) is 17.1 Å². The van der Waals surface area contributed by atoms with Crippen LogP contribution in [0.3, 0.4) is 0 Å². The largest absolute Gasteiger partial charge is 0.397 e. The fourth-order valence-electron chi connectivity index (χ4n) is 1.45. The lowest BCUT2D eigenvalue weighted by Gasteiger charge is -2.08. The second-order valence-electron chi connectivity index (χ2n) is 4.02. The fourth-order valence-corrected chi connectivity index (χ4v) is 1.97. The standard InChI is InChI=1S/C13H14IN3/c1-8-3-4-10(6-11(8)14)17-13-5-9(2)12(15)7-16-13/h3-7H,15H2,1-2H3,(H,16,17). The molecule has 0 saturated carbocycles. The first-order valence-corrected chi connectivity index (χ1v) is 6.39. The molecule has 1 aromatic carbocycles. The Balaban J connectivity index is 2.25. The van der Waals surface area contributed by atoms with Gasteiger partial charge in [-0.2, -0.15) is 0 Å². The lowest BCUT2D eigenvalue weighted by atomic mass is 10.2. The lowest BCUT2D eigenvalue weighted by molar-refractivity contribution is 1.27. The van der Waals surface area contributed by atoms with Crippen LogP contribution in [0.5, 0.6) is 0 Å². The van der Waals surface area contributed by atoms with Crippen molar-refractivity contribution in [3.63, 3.8) is 0 Å². The number of pyridine rings is 1. The van der Waals surface area contributed by atoms with Crippen molar-refractivity contribution in [2.75, 3.05) is 11.1 Å². The van der Waals surface area contributed by atoms with Crippen LogP contribution in [0.15, 0.2) is 30.5 Å². The zero-order valence-electron chi connectivity index (χ0n) is 9.79. The number of nitrogens with zero attached hydrogens (tertiary/aromatic N) is 1. The zero-order chi connectivity index (χ0) is 12.4. The Morgan fingerprint density at radius 2 is 1.94 bits per heavy atom. The molecule has 0 aliphatic carbocycles. The van der Waals surface area contributed by atoms with Gasteiger partial charge in [-0.05, 0) is 65.8 Å². The van der Waals surface area contributed by atoms with Crippen molar-refractivity contribution >= 4 is 39.8 Å². The number of halogens is 1. The molecule has 2 rings (SSSR count). The second kappa shape index (κ2) is 4.91. The Hall–Kier alpha value is -1.30. The number of hydrogen-bond donors (Lipinski definition) is 2. The van der Waals surface area contributed by atoms with Gasteiger partial charge in [0.15, 0.2) is 0 Å². The molecule has 0 aliphatic rings. The summed E-state index contributed by atoms with van der Waals surface area (Å²) in [5.41, 5.74) is 9.80. The third kappa shape index (κ3) is 2.88. The molecule has 1 aromatic heterocycles. The van der Waals surface area contributed by atoms with Gasteiger partial charge in [0.05, 0.1) is 11.9 Å². The van der Waals surface area contributed by atoms with E-state index in [4.69, 9.17) is 5.73 Å². The summed E-state index contributed by atoms with van der Waals surface area (Å²) in [7, 11) is 0. The molecule has 0 spiro atoms. The zero-order valence-corrected chi connectivity index (χ0v) is 11.9. The van der Waals surface area contributed by atoms with Gasteiger partial charge in [0.25, 0.3) is 0 Å². The van der Waals surface area contributed by atoms with Gasteiger partial charge in [0.1, 0.15) is 5.82 Å². The topological polar surface area (TPSA) is 50.9 Å². The number of anilines is 3. The van der Waals surface area contributed by atoms with Crippen molar-refractivity contribution in [1.82, 2.24) is 4.98 Å². The Kier molecular flexibility index (Phi) is 3.51. The average molecular weight is 339 g/mol. The number of rotatable bonds is 2. The highest BCUT2D eigenvalue weighted by Gasteiger charge is 2.01. The molecule has 0 saturated heterocycles. The molecule has 0 unspecified atom stereocenters. The summed E-state index contributed by atoms with van der Waals surface area (Å²) in [6.07, 6.45) is 1.68. The van der Waals surface area contributed by atoms with E-state index in [1.54, 1.807) is 6.20 Å². The highest BCUT2D eigenvalue weighted by molar-refractivity contribution is 14.1. The average Bonchev–Trinajstić information content (AvgIpc) is 2.29. The maximum absolute atomic E-state index is 5.73. The van der Waals surface area contributed by atoms with Gasteiger partial charge in [-0.15, -0.1) is 0 Å². The van der Waals surface area contributed by atoms with Gasteiger partial charge in [0, 0.05) is 9.26 Å². The number of nitrogen functional groups attached to an aromatic ring is 1. The number of benzene rings is 1. The third-order valence-electron chi connectivity index (χ3n) is 2.60. The molecule has 17 heavy (non-hydrogen) atoms. The number of aromatic nitrogens is 1. The first kappa shape index (κ1) is 12.2. The first-order chi connectivity index (χ1) is 8.06. The van der Waals surface area contributed by atoms with E-state index in [-0.39, 0.29) is 0 Å². The monoisotopic (exact) mass is 339 g/mol. The highest BCUT2D eigenvalue weighted by Crippen LogP contribution is 2.21. The molecule has 0 bridgehead atoms. The predicted octanol–water partition coefficient (Wildman–Crippen LogP) is 3.63. The van der Waals surface area contributed by atoms with Crippen molar-refractivity contribution < 1.29 is 0 Å². The van der Waals surface area contributed by atoms with Gasteiger partial charge >= 0.3 is 0 Å². The van der Waals surface area contributed by atoms with Gasteiger partial charge in [-0.25, -0.2) is 4.98 Å². The molecule has 0 radical (unpaired) electrons. The van der Waals surface area contributed by atoms with Gasteiger partial charge in [0.2, 0.25) is 0 Å². The van der Waals surface area contributed by atoms with E-state index in [2.05, 4.69) is 51.9 Å². The number of hydrogen-bond acceptors (Lipinski definition) is 3. The molecular weight excluding hydrogens is 325 g/mol. The van der Waals surface area contributed by atoms with Gasteiger partial charge in [-0.3, -0.25) is 0 Å². The van der Waals surface area contributed by atoms with Crippen LogP contribution >= 0.6 is 22.6 Å². The Labute approximate surface area is 115 Å². The van der Waals surface area contributed by atoms with Crippen molar-refractivity contribution in [2.24, 2.45) is 0 Å². The highest BCUT2D eigenvalue weighted by atomic mass is 127. The summed E-state index contributed by atoms with van der Waals surface area (Å²) in [6.45, 7) is 4.07. The third-order valence-corrected chi connectivity index (χ3v) is 3.76. The van der Waals surface area contributed by atoms with Crippen LogP contribution in [-0.4, -0.2) is 4.98 Å². The Morgan fingerprint density at radius 3 is 2.59 bits per heavy atom. The molecule has 4 heteroatoms. The minimum atomic E-state index is 0.717. The first-order valence-electron chi connectivity index (χ1n) is 5.31. The van der Waals surface area contributed by atoms with E-state index < -0.39 is 0 Å². The van der Waals surface area contributed by atoms with E-state index in [1.165, 1.54) is 9.13 Å². The molecule has 0 amide bonds. The SMILES string of the molecule is Cc1cc(Nc2ccc(C)c(I)c2)ncc1N. The summed E-state index contributed by atoms with van der Waals surface area (Å²) >= 11 is 2.32. The van der Waals surface area contributed by atoms with E-state index in [0.29, 0.717) is 5.69 Å². The smallest absolute Gasteiger partial charge is 0.130 e. The summed E-state index contributed by atoms with van der Waals surface area (Å²) in [4.78, 5) is 4.25. The van der Waals surface area contributed by atoms with Gasteiger partial charge < -0.3 is 11.1 Å². The van der Waals surface area contributed by atoms with E-state index in [9.17, 15) is 0 Å². The van der Waals surface area contributed by atoms with Crippen molar-refractivity contribution in [3.05, 3.63) is 45.2 Å². The summed E-state index contributed by atoms with van der Waals surface area (Å²) in [6, 6.07) is 8.18. The molecule has 1 heterocycles. The molecular formula is C13H14IN3. The van der Waals surface area contributed by atoms with Crippen LogP contribution in [0.25, 0.3) is 0 Å². The molecule has 0 aliphatic heterocycles. The molecule has 0 fully saturated rings. The Bertz CT molecular complexity index is 503. The van der Waals surface area contributed by atoms with Gasteiger partial charge in [-0.1, -0.05) is 6.07 Å². The predicted molar refractivity (Wildman–Crippen MR) is 80.6 cm³/mol. The second-order valence-corrected chi connectivity index (χ2v) is 5.18. The normalized spacial score (nSPS) is 10.3. The Morgan fingerprint density at radius 1 is 1.18 bits per heavy atom. The van der Waals surface area contributed by atoms with E-state index in [1.807, 2.05) is 19.1 Å². The van der Waals surface area contributed by atoms with Crippen LogP contribution in [0.4, 0.5) is 17.2 Å². The van der Waals surface area contributed by atoms with Crippen molar-refractivity contribution in [1.29, 1.82) is 0 Å². The van der Waals surface area contributed by atoms with Crippen molar-refractivity contribution in [3.8, 4) is 0 Å². The maximum atomic E-state index is 5.73. The number of nitrogens with two attached hydrogens (primary N) is 1. The molecule has 3 N–H and O–H groups in total. The van der Waals surface area contributed by atoms with Crippen LogP contribution < -0.4 is 11.1 Å². The maximum Gasteiger partial charge on any atom is 0.130 e. The summed E-state index contributed by atoms with van der Waals surface area (Å²) in [5.74, 6) is 0.816. The van der Waals surface area contributed by atoms with Crippen molar-refractivity contribution in [2.45, 2.75) is 13.8 Å². The van der Waals surface area contributed by atoms with Crippen LogP contribution in [-0.2, 0) is 0 Å². The quantitative estimate of drug-likeness (QED) is 0.822. The summed E-state index contributed by atoms with van der Waals surface area (Å²) in [5, 5.41) is 3.27. The molecule has 88 valence electrons. The minimum Gasteiger partial charge on any atom is -0.397 e. The van der Waals surface area contributed by atoms with Crippen LogP contribution in [0.2, 0.25) is 0 Å². The number of nitrogens with one attached hydrogen (secondary N) is 1. The van der Waals surface area contributed by atoms with Crippen LogP contribution in [0.1, 0.15) is 11.1 Å². The van der Waals surface area contributed by atoms with E-state index >= 15 is 0 Å². The minimum absolute atomic E-state index is 0.717. The molecule has 3 nitrogen and oxygen atoms in total. The van der Waals surface area contributed by atoms with Crippen LogP contribution in [0, 0.1) is 17.4 Å². The fraction of sp³-hybridized carbons (Fsp3) is 0.154. The molecule has 2 aromatic rings. The summed E-state index contributed by atoms with van der Waals surface area (Å²) < 4.78 is 1.24. The number of aryl methyl sites for hydroxylation is 2.